The smallest absolute Gasteiger partial charge is 0.414 e. The van der Waals surface area contributed by atoms with Gasteiger partial charge in [-0.3, -0.25) is 4.68 Å². The van der Waals surface area contributed by atoms with E-state index in [0.29, 0.717) is 12.0 Å². The molecule has 1 aliphatic heterocycles. The summed E-state index contributed by atoms with van der Waals surface area (Å²) < 4.78 is 2.25. The van der Waals surface area contributed by atoms with Crippen LogP contribution >= 0.6 is 0 Å². The number of hydrogen-bond donors (Lipinski definition) is 3. The lowest BCUT2D eigenvalue weighted by molar-refractivity contribution is -0.159. The second-order valence-corrected chi connectivity index (χ2v) is 9.39. The predicted octanol–water partition coefficient (Wildman–Crippen LogP) is 4.45. The van der Waals surface area contributed by atoms with Gasteiger partial charge >= 0.3 is 11.9 Å². The van der Waals surface area contributed by atoms with E-state index in [-0.39, 0.29) is 0 Å². The number of carboxylic acids is 2. The number of nitrogens with one attached hydrogen (secondary N) is 1. The number of aromatic amines is 1. The highest BCUT2D eigenvalue weighted by Crippen LogP contribution is 2.33. The summed E-state index contributed by atoms with van der Waals surface area (Å²) in [6.45, 7) is 3.58. The molecule has 0 spiro atoms. The monoisotopic (exact) mass is 466 g/mol. The number of piperidine rings is 1. The number of rotatable bonds is 5. The molecule has 3 heterocycles. The van der Waals surface area contributed by atoms with Gasteiger partial charge in [-0.05, 0) is 68.3 Å². The molecule has 3 N–H and O–H groups in total. The first-order valence-corrected chi connectivity index (χ1v) is 12.3. The van der Waals surface area contributed by atoms with Crippen LogP contribution in [0.2, 0.25) is 0 Å². The molecule has 2 aromatic heterocycles. The Labute approximate surface area is 199 Å². The Morgan fingerprint density at radius 3 is 2.41 bits per heavy atom. The minimum atomic E-state index is -1.82. The third-order valence-corrected chi connectivity index (χ3v) is 7.15. The van der Waals surface area contributed by atoms with Crippen LogP contribution in [0.5, 0.6) is 0 Å². The highest BCUT2D eigenvalue weighted by molar-refractivity contribution is 6.27. The van der Waals surface area contributed by atoms with E-state index in [9.17, 15) is 0 Å². The van der Waals surface area contributed by atoms with Crippen LogP contribution in [0, 0.1) is 0 Å². The van der Waals surface area contributed by atoms with E-state index < -0.39 is 11.9 Å². The quantitative estimate of drug-likeness (QED) is 0.479. The van der Waals surface area contributed by atoms with Crippen molar-refractivity contribution in [1.29, 1.82) is 0 Å². The molecule has 1 saturated heterocycles. The summed E-state index contributed by atoms with van der Waals surface area (Å²) in [5, 5.41) is 20.9. The molecule has 1 aromatic carbocycles. The van der Waals surface area contributed by atoms with E-state index in [1.165, 1.54) is 80.1 Å². The predicted molar refractivity (Wildman–Crippen MR) is 130 cm³/mol. The van der Waals surface area contributed by atoms with Gasteiger partial charge in [0.15, 0.2) is 0 Å². The Morgan fingerprint density at radius 1 is 1.00 bits per heavy atom. The number of hydrogen-bond acceptors (Lipinski definition) is 4. The number of benzene rings is 1. The maximum Gasteiger partial charge on any atom is 0.414 e. The van der Waals surface area contributed by atoms with Gasteiger partial charge in [0.1, 0.15) is 0 Å². The summed E-state index contributed by atoms with van der Waals surface area (Å²) in [7, 11) is 0. The van der Waals surface area contributed by atoms with Crippen LogP contribution in [0.25, 0.3) is 10.9 Å². The van der Waals surface area contributed by atoms with Crippen LogP contribution in [0.1, 0.15) is 68.0 Å². The molecular formula is C26H34N4O4. The Hall–Kier alpha value is -3.13. The Balaban J connectivity index is 0.000000408. The zero-order valence-corrected chi connectivity index (χ0v) is 19.5. The first-order valence-electron chi connectivity index (χ1n) is 12.3. The van der Waals surface area contributed by atoms with Crippen LogP contribution in [0.3, 0.4) is 0 Å². The second kappa shape index (κ2) is 11.3. The van der Waals surface area contributed by atoms with Crippen molar-refractivity contribution < 1.29 is 19.8 Å². The average molecular weight is 467 g/mol. The van der Waals surface area contributed by atoms with Gasteiger partial charge in [-0.1, -0.05) is 37.5 Å². The lowest BCUT2D eigenvalue weighted by Crippen LogP contribution is -2.34. The molecule has 0 amide bonds. The normalized spacial score (nSPS) is 17.9. The summed E-state index contributed by atoms with van der Waals surface area (Å²) in [4.78, 5) is 24.3. The van der Waals surface area contributed by atoms with Crippen molar-refractivity contribution in [2.45, 2.75) is 63.3 Å². The van der Waals surface area contributed by atoms with Crippen molar-refractivity contribution >= 4 is 22.8 Å². The average Bonchev–Trinajstić information content (AvgIpc) is 3.51. The zero-order valence-electron chi connectivity index (χ0n) is 19.5. The maximum absolute atomic E-state index is 9.10. The molecule has 0 bridgehead atoms. The fourth-order valence-electron chi connectivity index (χ4n) is 5.24. The first-order chi connectivity index (χ1) is 16.5. The highest BCUT2D eigenvalue weighted by Gasteiger charge is 2.23. The number of para-hydroxylation sites is 1. The highest BCUT2D eigenvalue weighted by atomic mass is 16.4. The SMILES string of the molecule is O=C(O)C(=O)O.c1ccc2c(C3CCN(CCc4cnn(C5CCCCC5)c4)CC3)c[nH]c2c1. The molecule has 0 atom stereocenters. The number of carboxylic acid groups (broad SMARTS) is 2. The summed E-state index contributed by atoms with van der Waals surface area (Å²) >= 11 is 0. The summed E-state index contributed by atoms with van der Waals surface area (Å²) in [5.41, 5.74) is 4.20. The van der Waals surface area contributed by atoms with E-state index in [1.54, 1.807) is 0 Å². The van der Waals surface area contributed by atoms with Gasteiger partial charge in [-0.2, -0.15) is 5.10 Å². The van der Waals surface area contributed by atoms with Gasteiger partial charge in [0.05, 0.1) is 12.2 Å². The number of likely N-dealkylation sites (tertiary alicyclic amines) is 1. The van der Waals surface area contributed by atoms with Crippen LogP contribution in [-0.4, -0.2) is 61.5 Å². The minimum absolute atomic E-state index is 0.648. The van der Waals surface area contributed by atoms with Gasteiger partial charge in [-0.15, -0.1) is 0 Å². The number of aromatic nitrogens is 3. The van der Waals surface area contributed by atoms with E-state index >= 15 is 0 Å². The third-order valence-electron chi connectivity index (χ3n) is 7.15. The van der Waals surface area contributed by atoms with E-state index in [0.717, 1.165) is 13.0 Å². The molecule has 1 aliphatic carbocycles. The number of aliphatic carboxylic acids is 2. The topological polar surface area (TPSA) is 111 Å². The molecule has 8 heteroatoms. The van der Waals surface area contributed by atoms with Gasteiger partial charge in [0.2, 0.25) is 0 Å². The van der Waals surface area contributed by atoms with Crippen molar-refractivity contribution in [3.05, 3.63) is 54.0 Å². The van der Waals surface area contributed by atoms with Crippen LogP contribution in [0.15, 0.2) is 42.9 Å². The molecule has 8 nitrogen and oxygen atoms in total. The van der Waals surface area contributed by atoms with E-state index in [4.69, 9.17) is 19.8 Å². The third kappa shape index (κ3) is 6.05. The molecular weight excluding hydrogens is 432 g/mol. The number of H-pyrrole nitrogens is 1. The fraction of sp³-hybridized carbons (Fsp3) is 0.500. The maximum atomic E-state index is 9.10. The molecule has 5 rings (SSSR count). The molecule has 0 radical (unpaired) electrons. The Bertz CT molecular complexity index is 1080. The largest absolute Gasteiger partial charge is 0.473 e. The number of carbonyl (C=O) groups is 2. The van der Waals surface area contributed by atoms with Gasteiger partial charge < -0.3 is 20.1 Å². The molecule has 2 fully saturated rings. The standard InChI is InChI=1S/C24H32N4.C2H2O4/c1-2-6-21(7-3-1)28-18-19(16-26-28)10-13-27-14-11-20(12-15-27)23-17-25-24-9-5-4-8-22(23)24;3-1(4)2(5)6/h4-5,8-9,16-18,20-21,25H,1-3,6-7,10-15H2;(H,3,4)(H,5,6). The van der Waals surface area contributed by atoms with Gasteiger partial charge in [0, 0.05) is 29.8 Å². The molecule has 0 unspecified atom stereocenters. The van der Waals surface area contributed by atoms with Crippen molar-refractivity contribution in [1.82, 2.24) is 19.7 Å². The van der Waals surface area contributed by atoms with Gasteiger partial charge in [-0.25, -0.2) is 9.59 Å². The van der Waals surface area contributed by atoms with Crippen molar-refractivity contribution in [3.63, 3.8) is 0 Å². The molecule has 2 aliphatic rings. The van der Waals surface area contributed by atoms with Crippen LogP contribution in [-0.2, 0) is 16.0 Å². The zero-order chi connectivity index (χ0) is 23.9. The number of fused-ring (bicyclic) bond motifs is 1. The van der Waals surface area contributed by atoms with E-state index in [1.807, 2.05) is 0 Å². The lowest BCUT2D eigenvalue weighted by atomic mass is 9.89. The fourth-order valence-corrected chi connectivity index (χ4v) is 5.24. The van der Waals surface area contributed by atoms with Gasteiger partial charge in [0.25, 0.3) is 0 Å². The Kier molecular flexibility index (Phi) is 8.00. The number of nitrogens with zero attached hydrogens (tertiary/aromatic N) is 3. The minimum Gasteiger partial charge on any atom is -0.473 e. The van der Waals surface area contributed by atoms with E-state index in [2.05, 4.69) is 62.5 Å². The molecule has 1 saturated carbocycles. The Morgan fingerprint density at radius 2 is 1.71 bits per heavy atom. The van der Waals surface area contributed by atoms with Crippen molar-refractivity contribution in [3.8, 4) is 0 Å². The van der Waals surface area contributed by atoms with Crippen molar-refractivity contribution in [2.75, 3.05) is 19.6 Å². The second-order valence-electron chi connectivity index (χ2n) is 9.39. The lowest BCUT2D eigenvalue weighted by Gasteiger charge is -2.31. The molecule has 182 valence electrons. The summed E-state index contributed by atoms with van der Waals surface area (Å²) in [6, 6.07) is 9.36. The van der Waals surface area contributed by atoms with Crippen LogP contribution in [0.4, 0.5) is 0 Å². The summed E-state index contributed by atoms with van der Waals surface area (Å²) in [6.07, 6.45) is 17.1. The van der Waals surface area contributed by atoms with Crippen molar-refractivity contribution in [2.24, 2.45) is 0 Å². The molecule has 3 aromatic rings. The first kappa shape index (κ1) is 24.0. The molecule has 34 heavy (non-hydrogen) atoms. The summed E-state index contributed by atoms with van der Waals surface area (Å²) in [5.74, 6) is -2.95. The van der Waals surface area contributed by atoms with Crippen LogP contribution < -0.4 is 0 Å².